The highest BCUT2D eigenvalue weighted by atomic mass is 35.5. The Hall–Kier alpha value is -3.46. The smallest absolute Gasteiger partial charge is 0.293 e. The molecule has 1 heterocycles. The van der Waals surface area contributed by atoms with E-state index in [1.807, 2.05) is 0 Å². The molecule has 4 rings (SSSR count). The monoisotopic (exact) mass is 514 g/mol. The van der Waals surface area contributed by atoms with Gasteiger partial charge in [-0.2, -0.15) is 0 Å². The number of amides is 3. The number of anilines is 1. The van der Waals surface area contributed by atoms with Crippen LogP contribution in [0.1, 0.15) is 21.5 Å². The van der Waals surface area contributed by atoms with Gasteiger partial charge in [-0.3, -0.25) is 19.3 Å². The second kappa shape index (κ2) is 9.80. The van der Waals surface area contributed by atoms with Crippen molar-refractivity contribution in [1.29, 1.82) is 0 Å². The van der Waals surface area contributed by atoms with Crippen LogP contribution in [0.5, 0.6) is 11.5 Å². The molecular weight excluding hydrogens is 499 g/mol. The van der Waals surface area contributed by atoms with E-state index in [1.54, 1.807) is 48.5 Å². The van der Waals surface area contributed by atoms with Crippen molar-refractivity contribution >= 4 is 63.8 Å². The summed E-state index contributed by atoms with van der Waals surface area (Å²) < 4.78 is 0. The standard InChI is InChI=1S/C24H16Cl2N2O5S/c25-17-6-4-14(9-18(17)26)12-28-23(32)21(34-24(28)33)10-13-2-1-3-15(8-13)22(31)27-16-5-7-19(29)20(30)11-16/h1-11,29-30H,12H2,(H,27,31). The Balaban J connectivity index is 1.50. The summed E-state index contributed by atoms with van der Waals surface area (Å²) in [5.41, 5.74) is 1.82. The van der Waals surface area contributed by atoms with Gasteiger partial charge in [0.15, 0.2) is 11.5 Å². The summed E-state index contributed by atoms with van der Waals surface area (Å²) in [7, 11) is 0. The fraction of sp³-hybridized carbons (Fsp3) is 0.0417. The molecule has 1 fully saturated rings. The van der Waals surface area contributed by atoms with Crippen LogP contribution >= 0.6 is 35.0 Å². The molecule has 0 aromatic heterocycles. The van der Waals surface area contributed by atoms with Crippen LogP contribution in [0.15, 0.2) is 65.6 Å². The molecule has 0 saturated carbocycles. The molecule has 3 aromatic carbocycles. The zero-order valence-electron chi connectivity index (χ0n) is 17.3. The average Bonchev–Trinajstić information content (AvgIpc) is 3.06. The molecule has 10 heteroatoms. The molecule has 1 saturated heterocycles. The molecule has 7 nitrogen and oxygen atoms in total. The Morgan fingerprint density at radius 1 is 0.971 bits per heavy atom. The largest absolute Gasteiger partial charge is 0.504 e. The number of phenols is 2. The number of nitrogens with one attached hydrogen (secondary N) is 1. The number of halogens is 2. The van der Waals surface area contributed by atoms with Crippen molar-refractivity contribution in [3.05, 3.63) is 92.3 Å². The number of imide groups is 1. The molecule has 3 N–H and O–H groups in total. The van der Waals surface area contributed by atoms with Gasteiger partial charge in [0.05, 0.1) is 21.5 Å². The van der Waals surface area contributed by atoms with Crippen LogP contribution in [-0.2, 0) is 11.3 Å². The van der Waals surface area contributed by atoms with Gasteiger partial charge in [0, 0.05) is 17.3 Å². The summed E-state index contributed by atoms with van der Waals surface area (Å²) in [5, 5.41) is 21.9. The molecule has 3 amide bonds. The highest BCUT2D eigenvalue weighted by Crippen LogP contribution is 2.34. The van der Waals surface area contributed by atoms with Crippen LogP contribution in [0.3, 0.4) is 0 Å². The molecule has 0 atom stereocenters. The minimum Gasteiger partial charge on any atom is -0.504 e. The molecule has 3 aromatic rings. The molecule has 0 radical (unpaired) electrons. The lowest BCUT2D eigenvalue weighted by Crippen LogP contribution is -2.27. The zero-order valence-corrected chi connectivity index (χ0v) is 19.6. The van der Waals surface area contributed by atoms with Crippen LogP contribution in [-0.4, -0.2) is 32.2 Å². The molecule has 172 valence electrons. The van der Waals surface area contributed by atoms with Gasteiger partial charge in [0.25, 0.3) is 17.1 Å². The first-order chi connectivity index (χ1) is 16.2. The van der Waals surface area contributed by atoms with E-state index in [-0.39, 0.29) is 22.9 Å². The third-order valence-electron chi connectivity index (χ3n) is 4.88. The first kappa shape index (κ1) is 23.7. The van der Waals surface area contributed by atoms with Crippen LogP contribution in [0.2, 0.25) is 10.0 Å². The second-order valence-electron chi connectivity index (χ2n) is 7.30. The molecule has 0 aliphatic carbocycles. The van der Waals surface area contributed by atoms with E-state index >= 15 is 0 Å². The molecule has 34 heavy (non-hydrogen) atoms. The van der Waals surface area contributed by atoms with Gasteiger partial charge < -0.3 is 15.5 Å². The maximum atomic E-state index is 12.8. The third kappa shape index (κ3) is 5.20. The number of carbonyl (C=O) groups excluding carboxylic acids is 3. The lowest BCUT2D eigenvalue weighted by atomic mass is 10.1. The van der Waals surface area contributed by atoms with Crippen molar-refractivity contribution in [2.75, 3.05) is 5.32 Å². The Kier molecular flexibility index (Phi) is 6.83. The van der Waals surface area contributed by atoms with Gasteiger partial charge in [-0.15, -0.1) is 0 Å². The predicted molar refractivity (Wildman–Crippen MR) is 132 cm³/mol. The van der Waals surface area contributed by atoms with E-state index in [2.05, 4.69) is 5.32 Å². The van der Waals surface area contributed by atoms with Crippen molar-refractivity contribution in [2.45, 2.75) is 6.54 Å². The highest BCUT2D eigenvalue weighted by molar-refractivity contribution is 8.18. The van der Waals surface area contributed by atoms with Crippen LogP contribution < -0.4 is 5.32 Å². The van der Waals surface area contributed by atoms with Gasteiger partial charge in [0.1, 0.15) is 0 Å². The number of thioether (sulfide) groups is 1. The third-order valence-corrected chi connectivity index (χ3v) is 6.52. The number of aromatic hydroxyl groups is 2. The van der Waals surface area contributed by atoms with E-state index in [9.17, 15) is 24.6 Å². The summed E-state index contributed by atoms with van der Waals surface area (Å²) in [5.74, 6) is -1.56. The minimum absolute atomic E-state index is 0.0564. The fourth-order valence-corrected chi connectivity index (χ4v) is 4.34. The zero-order chi connectivity index (χ0) is 24.4. The number of phenolic OH excluding ortho intramolecular Hbond substituents is 2. The quantitative estimate of drug-likeness (QED) is 0.222. The molecule has 1 aliphatic rings. The van der Waals surface area contributed by atoms with Crippen molar-refractivity contribution < 1.29 is 24.6 Å². The van der Waals surface area contributed by atoms with Crippen molar-refractivity contribution in [3.8, 4) is 11.5 Å². The summed E-state index contributed by atoms with van der Waals surface area (Å²) in [6.07, 6.45) is 1.54. The first-order valence-corrected chi connectivity index (χ1v) is 11.4. The maximum absolute atomic E-state index is 12.8. The summed E-state index contributed by atoms with van der Waals surface area (Å²) >= 11 is 12.8. The normalized spacial score (nSPS) is 14.6. The van der Waals surface area contributed by atoms with Crippen molar-refractivity contribution in [1.82, 2.24) is 4.90 Å². The number of rotatable bonds is 5. The Morgan fingerprint density at radius 2 is 1.76 bits per heavy atom. The molecular formula is C24H16Cl2N2O5S. The lowest BCUT2D eigenvalue weighted by molar-refractivity contribution is -0.123. The fourth-order valence-electron chi connectivity index (χ4n) is 3.18. The number of carbonyl (C=O) groups is 3. The number of benzene rings is 3. The Morgan fingerprint density at radius 3 is 2.50 bits per heavy atom. The molecule has 0 spiro atoms. The van der Waals surface area contributed by atoms with Crippen molar-refractivity contribution in [2.24, 2.45) is 0 Å². The van der Waals surface area contributed by atoms with E-state index in [1.165, 1.54) is 18.2 Å². The average molecular weight is 515 g/mol. The number of hydrogen-bond donors (Lipinski definition) is 3. The van der Waals surface area contributed by atoms with Gasteiger partial charge >= 0.3 is 0 Å². The Labute approximate surface area is 208 Å². The van der Waals surface area contributed by atoms with E-state index in [0.717, 1.165) is 16.7 Å². The molecule has 0 bridgehead atoms. The predicted octanol–water partition coefficient (Wildman–Crippen LogP) is 5.89. The van der Waals surface area contributed by atoms with Crippen molar-refractivity contribution in [3.63, 3.8) is 0 Å². The maximum Gasteiger partial charge on any atom is 0.293 e. The summed E-state index contributed by atoms with van der Waals surface area (Å²) in [6.45, 7) is 0.0564. The van der Waals surface area contributed by atoms with Gasteiger partial charge in [-0.25, -0.2) is 0 Å². The van der Waals surface area contributed by atoms with Crippen LogP contribution in [0, 0.1) is 0 Å². The van der Waals surface area contributed by atoms with E-state index in [0.29, 0.717) is 32.4 Å². The number of nitrogens with zero attached hydrogens (tertiary/aromatic N) is 1. The Bertz CT molecular complexity index is 1360. The molecule has 0 unspecified atom stereocenters. The summed E-state index contributed by atoms with van der Waals surface area (Å²) in [6, 6.07) is 15.3. The lowest BCUT2D eigenvalue weighted by Gasteiger charge is -2.13. The van der Waals surface area contributed by atoms with Gasteiger partial charge in [0.2, 0.25) is 0 Å². The molecule has 1 aliphatic heterocycles. The van der Waals surface area contributed by atoms with Crippen LogP contribution in [0.4, 0.5) is 10.5 Å². The minimum atomic E-state index is -0.451. The van der Waals surface area contributed by atoms with Gasteiger partial charge in [-0.1, -0.05) is 41.4 Å². The topological polar surface area (TPSA) is 107 Å². The van der Waals surface area contributed by atoms with Gasteiger partial charge in [-0.05, 0) is 65.4 Å². The first-order valence-electron chi connectivity index (χ1n) is 9.84. The van der Waals surface area contributed by atoms with Crippen LogP contribution in [0.25, 0.3) is 6.08 Å². The summed E-state index contributed by atoms with van der Waals surface area (Å²) in [4.78, 5) is 39.2. The van der Waals surface area contributed by atoms with E-state index < -0.39 is 17.1 Å². The van der Waals surface area contributed by atoms with E-state index in [4.69, 9.17) is 23.2 Å². The number of hydrogen-bond acceptors (Lipinski definition) is 6. The SMILES string of the molecule is O=C(Nc1ccc(O)c(O)c1)c1cccc(C=C2SC(=O)N(Cc3ccc(Cl)c(Cl)c3)C2=O)c1. The highest BCUT2D eigenvalue weighted by Gasteiger charge is 2.35. The second-order valence-corrected chi connectivity index (χ2v) is 9.11.